The van der Waals surface area contributed by atoms with Gasteiger partial charge in [0.1, 0.15) is 0 Å². The number of carbonyl (C=O) groups is 1. The average Bonchev–Trinajstić information content (AvgIpc) is 2.72. The summed E-state index contributed by atoms with van der Waals surface area (Å²) in [5.41, 5.74) is 7.12. The van der Waals surface area contributed by atoms with Gasteiger partial charge in [0.2, 0.25) is 5.41 Å². The second kappa shape index (κ2) is 7.10. The first-order valence-corrected chi connectivity index (χ1v) is 8.76. The Morgan fingerprint density at radius 2 is 2.04 bits per heavy atom. The maximum Gasteiger partial charge on any atom is 0.409 e. The van der Waals surface area contributed by atoms with Crippen LogP contribution in [-0.4, -0.2) is 31.2 Å². The van der Waals surface area contributed by atoms with Gasteiger partial charge in [0.05, 0.1) is 36.6 Å². The fourth-order valence-corrected chi connectivity index (χ4v) is 4.16. The summed E-state index contributed by atoms with van der Waals surface area (Å²) in [4.78, 5) is 13.6. The van der Waals surface area contributed by atoms with E-state index < -0.39 is 23.3 Å². The van der Waals surface area contributed by atoms with Crippen LogP contribution in [0.2, 0.25) is 0 Å². The number of methoxy groups -OCH3 is 1. The Kier molecular flexibility index (Phi) is 4.82. The highest BCUT2D eigenvalue weighted by Crippen LogP contribution is 2.52. The quantitative estimate of drug-likeness (QED) is 0.753. The van der Waals surface area contributed by atoms with E-state index in [1.807, 2.05) is 43.3 Å². The number of ether oxygens (including phenoxy) is 1. The molecule has 0 bridgehead atoms. The molecule has 2 atom stereocenters. The molecule has 2 aliphatic rings. The average molecular weight is 373 g/mol. The summed E-state index contributed by atoms with van der Waals surface area (Å²) in [6, 6.07) is 13.8. The normalized spacial score (nSPS) is 22.8. The molecule has 1 heterocycles. The van der Waals surface area contributed by atoms with E-state index in [9.17, 15) is 20.6 Å². The molecule has 7 heteroatoms. The molecule has 0 fully saturated rings. The number of allylic oxidation sites excluding steroid dienone is 2. The molecule has 28 heavy (non-hydrogen) atoms. The van der Waals surface area contributed by atoms with Gasteiger partial charge in [0.15, 0.2) is 0 Å². The Morgan fingerprint density at radius 3 is 2.61 bits per heavy atom. The summed E-state index contributed by atoms with van der Waals surface area (Å²) in [5.74, 6) is -0.894. The molecule has 140 valence electrons. The maximum absolute atomic E-state index is 12.1. The summed E-state index contributed by atoms with van der Waals surface area (Å²) >= 11 is 0. The van der Waals surface area contributed by atoms with Gasteiger partial charge in [-0.05, 0) is 18.1 Å². The molecule has 1 aliphatic heterocycles. The smallest absolute Gasteiger partial charge is 0.409 e. The van der Waals surface area contributed by atoms with Crippen molar-refractivity contribution in [3.05, 3.63) is 58.3 Å². The number of hydrogen-bond donors (Lipinski definition) is 1. The zero-order valence-corrected chi connectivity index (χ0v) is 15.6. The van der Waals surface area contributed by atoms with Gasteiger partial charge < -0.3 is 15.4 Å². The largest absolute Gasteiger partial charge is 0.453 e. The molecule has 0 saturated heterocycles. The van der Waals surface area contributed by atoms with Crippen molar-refractivity contribution in [1.29, 1.82) is 15.8 Å². The lowest BCUT2D eigenvalue weighted by Crippen LogP contribution is -2.48. The van der Waals surface area contributed by atoms with Crippen LogP contribution >= 0.6 is 0 Å². The van der Waals surface area contributed by atoms with Crippen LogP contribution < -0.4 is 5.73 Å². The summed E-state index contributed by atoms with van der Waals surface area (Å²) in [6.07, 6.45) is 1.19. The first-order chi connectivity index (χ1) is 13.4. The minimum atomic E-state index is -1.71. The van der Waals surface area contributed by atoms with Gasteiger partial charge in [-0.1, -0.05) is 35.9 Å². The van der Waals surface area contributed by atoms with Crippen LogP contribution in [0.3, 0.4) is 0 Å². The SMILES string of the molecule is COC(=O)N1CC=C2[C@H](C1)[C@H](c1cccc(C)c1)C(C#N)=C(N)C2(C#N)C#N. The van der Waals surface area contributed by atoms with Crippen LogP contribution in [0.15, 0.2) is 47.2 Å². The highest BCUT2D eigenvalue weighted by molar-refractivity contribution is 5.69. The van der Waals surface area contributed by atoms with Crippen molar-refractivity contribution >= 4 is 6.09 Å². The number of nitrogens with two attached hydrogens (primary N) is 1. The van der Waals surface area contributed by atoms with Crippen LogP contribution in [0, 0.1) is 52.2 Å². The second-order valence-electron chi connectivity index (χ2n) is 6.95. The third kappa shape index (κ3) is 2.68. The molecule has 0 saturated carbocycles. The van der Waals surface area contributed by atoms with Crippen molar-refractivity contribution in [2.45, 2.75) is 12.8 Å². The summed E-state index contributed by atoms with van der Waals surface area (Å²) in [6.45, 7) is 2.37. The zero-order valence-electron chi connectivity index (χ0n) is 15.6. The van der Waals surface area contributed by atoms with Gasteiger partial charge in [0.25, 0.3) is 0 Å². The molecule has 1 amide bonds. The topological polar surface area (TPSA) is 127 Å². The van der Waals surface area contributed by atoms with Gasteiger partial charge in [-0.3, -0.25) is 0 Å². The summed E-state index contributed by atoms with van der Waals surface area (Å²) in [5, 5.41) is 29.6. The fraction of sp³-hybridized carbons (Fsp3) is 0.333. The van der Waals surface area contributed by atoms with Crippen molar-refractivity contribution < 1.29 is 9.53 Å². The van der Waals surface area contributed by atoms with E-state index in [1.54, 1.807) is 6.08 Å². The van der Waals surface area contributed by atoms with E-state index in [4.69, 9.17) is 10.5 Å². The molecule has 1 aliphatic carbocycles. The van der Waals surface area contributed by atoms with E-state index in [-0.39, 0.29) is 24.4 Å². The van der Waals surface area contributed by atoms with Gasteiger partial charge in [-0.25, -0.2) is 4.79 Å². The molecular weight excluding hydrogens is 354 g/mol. The standard InChI is InChI=1S/C21H19N5O2/c1-13-4-3-5-14(8-13)18-15(9-22)19(25)21(11-23,12-24)17-6-7-26(10-16(17)18)20(27)28-2/h3-6,8,16,18H,7,10,25H2,1-2H3/t16-,18+/m0/s1. The minimum absolute atomic E-state index is 0.0273. The first kappa shape index (κ1) is 19.0. The Hall–Kier alpha value is -3.76. The van der Waals surface area contributed by atoms with Crippen molar-refractivity contribution in [3.63, 3.8) is 0 Å². The molecule has 0 aromatic heterocycles. The Balaban J connectivity index is 2.28. The minimum Gasteiger partial charge on any atom is -0.453 e. The van der Waals surface area contributed by atoms with Crippen LogP contribution in [0.1, 0.15) is 17.0 Å². The Morgan fingerprint density at radius 1 is 1.32 bits per heavy atom. The second-order valence-corrected chi connectivity index (χ2v) is 6.95. The van der Waals surface area contributed by atoms with E-state index >= 15 is 0 Å². The van der Waals surface area contributed by atoms with E-state index in [2.05, 4.69) is 6.07 Å². The van der Waals surface area contributed by atoms with Gasteiger partial charge in [-0.15, -0.1) is 0 Å². The number of carbonyl (C=O) groups excluding carboxylic acids is 1. The molecule has 1 aromatic rings. The van der Waals surface area contributed by atoms with Crippen molar-refractivity contribution in [1.82, 2.24) is 4.90 Å². The predicted octanol–water partition coefficient (Wildman–Crippen LogP) is 2.49. The molecule has 1 aromatic carbocycles. The van der Waals surface area contributed by atoms with E-state index in [0.717, 1.165) is 11.1 Å². The lowest BCUT2D eigenvalue weighted by atomic mass is 9.60. The number of benzene rings is 1. The predicted molar refractivity (Wildman–Crippen MR) is 100.0 cm³/mol. The van der Waals surface area contributed by atoms with E-state index in [1.165, 1.54) is 12.0 Å². The van der Waals surface area contributed by atoms with Crippen molar-refractivity contribution in [3.8, 4) is 18.2 Å². The van der Waals surface area contributed by atoms with Gasteiger partial charge in [0, 0.05) is 24.9 Å². The Labute approximate surface area is 163 Å². The summed E-state index contributed by atoms with van der Waals surface area (Å²) in [7, 11) is 1.30. The summed E-state index contributed by atoms with van der Waals surface area (Å²) < 4.78 is 4.83. The lowest BCUT2D eigenvalue weighted by Gasteiger charge is -2.44. The van der Waals surface area contributed by atoms with Crippen LogP contribution in [0.4, 0.5) is 4.79 Å². The number of nitriles is 3. The van der Waals surface area contributed by atoms with Gasteiger partial charge >= 0.3 is 6.09 Å². The lowest BCUT2D eigenvalue weighted by molar-refractivity contribution is 0.117. The molecule has 0 unspecified atom stereocenters. The molecule has 0 radical (unpaired) electrons. The first-order valence-electron chi connectivity index (χ1n) is 8.76. The monoisotopic (exact) mass is 373 g/mol. The number of nitrogens with zero attached hydrogens (tertiary/aromatic N) is 4. The highest BCUT2D eigenvalue weighted by atomic mass is 16.5. The van der Waals surface area contributed by atoms with Crippen LogP contribution in [0.25, 0.3) is 0 Å². The molecule has 2 N–H and O–H groups in total. The van der Waals surface area contributed by atoms with Crippen molar-refractivity contribution in [2.24, 2.45) is 17.1 Å². The fourth-order valence-electron chi connectivity index (χ4n) is 4.16. The molecular formula is C21H19N5O2. The Bertz CT molecular complexity index is 1000. The van der Waals surface area contributed by atoms with Crippen LogP contribution in [0.5, 0.6) is 0 Å². The number of rotatable bonds is 1. The number of fused-ring (bicyclic) bond motifs is 1. The number of aryl methyl sites for hydroxylation is 1. The van der Waals surface area contributed by atoms with Crippen molar-refractivity contribution in [2.75, 3.05) is 20.2 Å². The zero-order chi connectivity index (χ0) is 20.5. The number of hydrogen-bond acceptors (Lipinski definition) is 6. The molecule has 0 spiro atoms. The third-order valence-electron chi connectivity index (χ3n) is 5.48. The van der Waals surface area contributed by atoms with Gasteiger partial charge in [-0.2, -0.15) is 15.8 Å². The maximum atomic E-state index is 12.1. The third-order valence-corrected chi connectivity index (χ3v) is 5.48. The molecule has 3 rings (SSSR count). The van der Waals surface area contributed by atoms with E-state index in [0.29, 0.717) is 5.57 Å². The highest BCUT2D eigenvalue weighted by Gasteiger charge is 2.53. The molecule has 7 nitrogen and oxygen atoms in total. The van der Waals surface area contributed by atoms with Crippen LogP contribution in [-0.2, 0) is 4.74 Å². The number of amides is 1.